The van der Waals surface area contributed by atoms with Crippen LogP contribution < -0.4 is 0 Å². The van der Waals surface area contributed by atoms with Crippen molar-refractivity contribution in [3.05, 3.63) is 0 Å². The van der Waals surface area contributed by atoms with Gasteiger partial charge in [-0.1, -0.05) is 48.5 Å². The van der Waals surface area contributed by atoms with Gasteiger partial charge in [0.1, 0.15) is 0 Å². The lowest BCUT2D eigenvalue weighted by molar-refractivity contribution is -0.251. The average molecular weight is 473 g/mol. The molecule has 0 aromatic rings. The minimum atomic E-state index is -0.481. The molecule has 0 bridgehead atoms. The molecule has 1 N–H and O–H groups in total. The van der Waals surface area contributed by atoms with Crippen molar-refractivity contribution in [1.82, 2.24) is 0 Å². The lowest BCUT2D eigenvalue weighted by atomic mass is 9.32. The number of carboxylic acid groups (broad SMARTS) is 1. The van der Waals surface area contributed by atoms with E-state index < -0.39 is 11.4 Å². The molecule has 5 aliphatic carbocycles. The summed E-state index contributed by atoms with van der Waals surface area (Å²) in [4.78, 5) is 12.8. The van der Waals surface area contributed by atoms with E-state index in [4.69, 9.17) is 4.74 Å². The fraction of sp³-hybridized carbons (Fsp3) is 0.968. The SMILES string of the molecule is CO[C@H]1CC[C@]2(C)[C@H]3CC[C@@H]4[C@H]5[C@H](C(C)C)CC[C@]5(C(=O)O)CC[C@@]4(C)[C@]3(C)CC[C@H]2C1(C)C. The van der Waals surface area contributed by atoms with Gasteiger partial charge in [0.15, 0.2) is 0 Å². The van der Waals surface area contributed by atoms with Crippen molar-refractivity contribution in [3.63, 3.8) is 0 Å². The van der Waals surface area contributed by atoms with E-state index in [2.05, 4.69) is 48.5 Å². The van der Waals surface area contributed by atoms with Crippen LogP contribution in [0, 0.1) is 62.6 Å². The van der Waals surface area contributed by atoms with Crippen LogP contribution >= 0.6 is 0 Å². The molecule has 5 rings (SSSR count). The molecular formula is C31H52O3. The normalized spacial score (nSPS) is 54.0. The number of carboxylic acids is 1. The molecule has 0 unspecified atom stereocenters. The van der Waals surface area contributed by atoms with Crippen molar-refractivity contribution in [3.8, 4) is 0 Å². The minimum Gasteiger partial charge on any atom is -0.481 e. The number of methoxy groups -OCH3 is 1. The summed E-state index contributed by atoms with van der Waals surface area (Å²) < 4.78 is 6.03. The lowest BCUT2D eigenvalue weighted by Crippen LogP contribution is -2.67. The van der Waals surface area contributed by atoms with Gasteiger partial charge in [-0.2, -0.15) is 0 Å². The van der Waals surface area contributed by atoms with Crippen molar-refractivity contribution < 1.29 is 14.6 Å². The summed E-state index contributed by atoms with van der Waals surface area (Å²) in [5.74, 6) is 3.07. The minimum absolute atomic E-state index is 0.222. The first kappa shape index (κ1) is 25.1. The number of ether oxygens (including phenoxy) is 1. The Bertz CT molecular complexity index is 833. The topological polar surface area (TPSA) is 46.5 Å². The zero-order chi connectivity index (χ0) is 24.9. The van der Waals surface area contributed by atoms with E-state index in [0.29, 0.717) is 46.5 Å². The standard InChI is InChI=1S/C31H52O3/c1-19(2)20-11-16-31(26(32)33)18-17-29(6)21(25(20)31)9-10-23-28(5)14-13-24(34-8)27(3,4)22(28)12-15-30(23,29)7/h19-25H,9-18H2,1-8H3,(H,32,33)/t20-,21+,22-,23+,24-,25+,28-,29+,30+,31-/m0/s1. The molecule has 0 radical (unpaired) electrons. The largest absolute Gasteiger partial charge is 0.481 e. The fourth-order valence-corrected chi connectivity index (χ4v) is 12.2. The van der Waals surface area contributed by atoms with Gasteiger partial charge in [-0.3, -0.25) is 4.79 Å². The maximum Gasteiger partial charge on any atom is 0.309 e. The zero-order valence-corrected chi connectivity index (χ0v) is 23.4. The van der Waals surface area contributed by atoms with Gasteiger partial charge in [-0.15, -0.1) is 0 Å². The van der Waals surface area contributed by atoms with Crippen molar-refractivity contribution in [2.24, 2.45) is 62.6 Å². The second-order valence-electron chi connectivity index (χ2n) is 15.2. The summed E-state index contributed by atoms with van der Waals surface area (Å²) in [5.41, 5.74) is 0.704. The molecule has 5 saturated carbocycles. The second-order valence-corrected chi connectivity index (χ2v) is 15.2. The number of hydrogen-bond acceptors (Lipinski definition) is 2. The Balaban J connectivity index is 1.54. The number of fused-ring (bicyclic) bond motifs is 7. The maximum absolute atomic E-state index is 12.8. The quantitative estimate of drug-likeness (QED) is 0.455. The number of rotatable bonds is 3. The fourth-order valence-electron chi connectivity index (χ4n) is 12.2. The Kier molecular flexibility index (Phi) is 5.70. The van der Waals surface area contributed by atoms with E-state index in [1.807, 2.05) is 7.11 Å². The van der Waals surface area contributed by atoms with Crippen LogP contribution in [-0.4, -0.2) is 24.3 Å². The van der Waals surface area contributed by atoms with Gasteiger partial charge in [0.2, 0.25) is 0 Å². The van der Waals surface area contributed by atoms with Crippen LogP contribution in [0.2, 0.25) is 0 Å². The predicted octanol–water partition coefficient (Wildman–Crippen LogP) is 7.82. The molecule has 5 fully saturated rings. The van der Waals surface area contributed by atoms with Crippen molar-refractivity contribution in [1.29, 1.82) is 0 Å². The molecule has 3 heteroatoms. The molecule has 3 nitrogen and oxygen atoms in total. The van der Waals surface area contributed by atoms with Crippen LogP contribution in [0.15, 0.2) is 0 Å². The van der Waals surface area contributed by atoms with Gasteiger partial charge < -0.3 is 9.84 Å². The summed E-state index contributed by atoms with van der Waals surface area (Å²) in [5, 5.41) is 10.6. The van der Waals surface area contributed by atoms with E-state index in [0.717, 1.165) is 31.6 Å². The highest BCUT2D eigenvalue weighted by Gasteiger charge is 2.72. The number of aliphatic carboxylic acids is 1. The van der Waals surface area contributed by atoms with Gasteiger partial charge in [0, 0.05) is 7.11 Å². The van der Waals surface area contributed by atoms with E-state index in [1.54, 1.807) is 0 Å². The molecule has 0 spiro atoms. The first-order chi connectivity index (χ1) is 15.8. The number of carbonyl (C=O) groups is 1. The lowest BCUT2D eigenvalue weighted by Gasteiger charge is -2.72. The van der Waals surface area contributed by atoms with Crippen LogP contribution in [0.1, 0.15) is 113 Å². The third-order valence-corrected chi connectivity index (χ3v) is 14.0. The van der Waals surface area contributed by atoms with E-state index in [9.17, 15) is 9.90 Å². The highest BCUT2D eigenvalue weighted by Crippen LogP contribution is 2.77. The monoisotopic (exact) mass is 472 g/mol. The van der Waals surface area contributed by atoms with E-state index >= 15 is 0 Å². The van der Waals surface area contributed by atoms with Crippen LogP contribution in [0.5, 0.6) is 0 Å². The molecule has 5 aliphatic rings. The molecule has 10 atom stereocenters. The smallest absolute Gasteiger partial charge is 0.309 e. The van der Waals surface area contributed by atoms with E-state index in [-0.39, 0.29) is 10.8 Å². The Morgan fingerprint density at radius 3 is 2.15 bits per heavy atom. The summed E-state index contributed by atoms with van der Waals surface area (Å²) >= 11 is 0. The van der Waals surface area contributed by atoms with Gasteiger partial charge in [-0.05, 0) is 121 Å². The third-order valence-electron chi connectivity index (χ3n) is 14.0. The van der Waals surface area contributed by atoms with Crippen LogP contribution in [0.25, 0.3) is 0 Å². The summed E-state index contributed by atoms with van der Waals surface area (Å²) in [6.45, 7) is 17.6. The average Bonchev–Trinajstić information content (AvgIpc) is 3.15. The molecule has 0 heterocycles. The first-order valence-electron chi connectivity index (χ1n) is 14.6. The third kappa shape index (κ3) is 2.89. The van der Waals surface area contributed by atoms with Gasteiger partial charge in [-0.25, -0.2) is 0 Å². The Morgan fingerprint density at radius 2 is 1.53 bits per heavy atom. The predicted molar refractivity (Wildman–Crippen MR) is 137 cm³/mol. The van der Waals surface area contributed by atoms with Crippen molar-refractivity contribution in [2.45, 2.75) is 119 Å². The second kappa shape index (κ2) is 7.72. The van der Waals surface area contributed by atoms with E-state index in [1.165, 1.54) is 38.5 Å². The first-order valence-corrected chi connectivity index (χ1v) is 14.6. The molecular weight excluding hydrogens is 420 g/mol. The molecule has 0 aromatic heterocycles. The van der Waals surface area contributed by atoms with Crippen molar-refractivity contribution >= 4 is 5.97 Å². The summed E-state index contributed by atoms with van der Waals surface area (Å²) in [6, 6.07) is 0. The van der Waals surface area contributed by atoms with Gasteiger partial charge >= 0.3 is 5.97 Å². The van der Waals surface area contributed by atoms with Gasteiger partial charge in [0.05, 0.1) is 11.5 Å². The summed E-state index contributed by atoms with van der Waals surface area (Å²) in [7, 11) is 1.91. The Morgan fingerprint density at radius 1 is 0.824 bits per heavy atom. The molecule has 0 amide bonds. The molecule has 0 aromatic carbocycles. The summed E-state index contributed by atoms with van der Waals surface area (Å²) in [6.07, 6.45) is 12.1. The molecule has 194 valence electrons. The maximum atomic E-state index is 12.8. The molecule has 0 aliphatic heterocycles. The van der Waals surface area contributed by atoms with Crippen LogP contribution in [0.4, 0.5) is 0 Å². The van der Waals surface area contributed by atoms with Crippen molar-refractivity contribution in [2.75, 3.05) is 7.11 Å². The van der Waals surface area contributed by atoms with Crippen LogP contribution in [0.3, 0.4) is 0 Å². The molecule has 34 heavy (non-hydrogen) atoms. The zero-order valence-electron chi connectivity index (χ0n) is 23.4. The highest BCUT2D eigenvalue weighted by molar-refractivity contribution is 5.76. The Hall–Kier alpha value is -0.570. The van der Waals surface area contributed by atoms with Crippen LogP contribution in [-0.2, 0) is 9.53 Å². The molecule has 0 saturated heterocycles. The Labute approximate surface area is 209 Å². The number of hydrogen-bond donors (Lipinski definition) is 1. The highest BCUT2D eigenvalue weighted by atomic mass is 16.5. The van der Waals surface area contributed by atoms with Gasteiger partial charge in [0.25, 0.3) is 0 Å².